The molecule has 5 amide bonds. The number of nitrogens with one attached hydrogen (secondary N) is 4. The Morgan fingerprint density at radius 3 is 2.22 bits per heavy atom. The molecule has 15 nitrogen and oxygen atoms in total. The normalized spacial score (nSPS) is 19.7. The van der Waals surface area contributed by atoms with Crippen molar-refractivity contribution in [2.24, 2.45) is 11.3 Å². The van der Waals surface area contributed by atoms with E-state index in [2.05, 4.69) is 21.3 Å². The van der Waals surface area contributed by atoms with Crippen LogP contribution >= 0.6 is 0 Å². The Balaban J connectivity index is 1.67. The zero-order chi connectivity index (χ0) is 37.0. The summed E-state index contributed by atoms with van der Waals surface area (Å²) in [6.07, 6.45) is 2.67. The zero-order valence-electron chi connectivity index (χ0n) is 29.2. The number of carboxylic acids is 1. The molecule has 1 aromatic rings. The highest BCUT2D eigenvalue weighted by atomic mass is 16.5. The number of benzene rings is 1. The van der Waals surface area contributed by atoms with E-state index >= 15 is 0 Å². The summed E-state index contributed by atoms with van der Waals surface area (Å²) in [5.74, 6) is -5.87. The summed E-state index contributed by atoms with van der Waals surface area (Å²) in [4.78, 5) is 91.8. The molecule has 0 spiro atoms. The van der Waals surface area contributed by atoms with Crippen LogP contribution in [0.5, 0.6) is 0 Å². The van der Waals surface area contributed by atoms with E-state index in [9.17, 15) is 43.8 Å². The number of aliphatic hydroxyl groups is 1. The van der Waals surface area contributed by atoms with Crippen LogP contribution in [0.4, 0.5) is 4.79 Å². The first-order chi connectivity index (χ1) is 23.6. The fourth-order valence-corrected chi connectivity index (χ4v) is 6.16. The van der Waals surface area contributed by atoms with E-state index < -0.39 is 78.3 Å². The van der Waals surface area contributed by atoms with Crippen LogP contribution in [0, 0.1) is 11.3 Å². The number of β-amino-alcohol motifs (C(OH)–C–C–N with tert-alkyl or cyclic N) is 1. The van der Waals surface area contributed by atoms with E-state index in [0.29, 0.717) is 24.8 Å². The van der Waals surface area contributed by atoms with Crippen LogP contribution in [0.2, 0.25) is 0 Å². The fourth-order valence-electron chi connectivity index (χ4n) is 6.16. The Bertz CT molecular complexity index is 1380. The number of ether oxygens (including phenoxy) is 1. The average molecular weight is 702 g/mol. The Morgan fingerprint density at radius 1 is 0.960 bits per heavy atom. The number of alkyl carbamates (subject to hydrolysis) is 1. The van der Waals surface area contributed by atoms with E-state index in [1.54, 1.807) is 25.1 Å². The maximum Gasteiger partial charge on any atom is 0.407 e. The maximum absolute atomic E-state index is 14.0. The number of hydrogen-bond acceptors (Lipinski definition) is 9. The van der Waals surface area contributed by atoms with Gasteiger partial charge in [0.15, 0.2) is 6.04 Å². The van der Waals surface area contributed by atoms with Gasteiger partial charge in [0.1, 0.15) is 12.1 Å². The number of hydrogen-bond donors (Lipinski definition) is 6. The van der Waals surface area contributed by atoms with Gasteiger partial charge in [-0.25, -0.2) is 9.59 Å². The van der Waals surface area contributed by atoms with Gasteiger partial charge in [0.25, 0.3) is 5.91 Å². The third-order valence-corrected chi connectivity index (χ3v) is 8.69. The van der Waals surface area contributed by atoms with Gasteiger partial charge in [-0.15, -0.1) is 0 Å². The van der Waals surface area contributed by atoms with E-state index in [0.717, 1.165) is 19.3 Å². The second-order valence-corrected chi connectivity index (χ2v) is 14.2. The van der Waals surface area contributed by atoms with E-state index in [1.807, 2.05) is 20.8 Å². The number of likely N-dealkylation sites (tertiary alicyclic amines) is 1. The molecular weight excluding hydrogens is 650 g/mol. The minimum absolute atomic E-state index is 0.0639. The number of nitrogens with zero attached hydrogens (tertiary/aromatic N) is 1. The molecule has 1 aromatic carbocycles. The summed E-state index contributed by atoms with van der Waals surface area (Å²) in [6.45, 7) is 6.71. The maximum atomic E-state index is 14.0. The van der Waals surface area contributed by atoms with Crippen LogP contribution in [0.3, 0.4) is 0 Å². The highest BCUT2D eigenvalue weighted by molar-refractivity contribution is 6.38. The van der Waals surface area contributed by atoms with Crippen LogP contribution in [0.1, 0.15) is 90.7 Å². The number of Topliss-reactive ketones (excluding diaryl/α,β-unsaturated/α-hetero) is 1. The van der Waals surface area contributed by atoms with Crippen LogP contribution in [-0.2, 0) is 33.5 Å². The third-order valence-electron chi connectivity index (χ3n) is 8.69. The van der Waals surface area contributed by atoms with Gasteiger partial charge in [0.2, 0.25) is 23.5 Å². The van der Waals surface area contributed by atoms with Crippen LogP contribution in [0.15, 0.2) is 30.3 Å². The second kappa shape index (κ2) is 18.5. The Morgan fingerprint density at radius 2 is 1.62 bits per heavy atom. The lowest BCUT2D eigenvalue weighted by molar-refractivity contribution is -0.144. The molecule has 5 unspecified atom stereocenters. The summed E-state index contributed by atoms with van der Waals surface area (Å²) >= 11 is 0. The number of carbonyl (C=O) groups is 7. The Hall–Kier alpha value is -4.53. The Labute approximate surface area is 292 Å². The van der Waals surface area contributed by atoms with Crippen molar-refractivity contribution in [1.82, 2.24) is 26.2 Å². The number of aliphatic hydroxyl groups excluding tert-OH is 1. The number of ketones is 1. The molecule has 0 aromatic heterocycles. The quantitative estimate of drug-likeness (QED) is 0.145. The van der Waals surface area contributed by atoms with Crippen molar-refractivity contribution < 1.29 is 48.5 Å². The summed E-state index contributed by atoms with van der Waals surface area (Å²) < 4.78 is 5.37. The van der Waals surface area contributed by atoms with Crippen LogP contribution in [-0.4, -0.2) is 101 Å². The molecule has 2 aliphatic rings. The number of carbonyl (C=O) groups excluding carboxylic acids is 6. The van der Waals surface area contributed by atoms with Crippen molar-refractivity contribution in [1.29, 1.82) is 0 Å². The monoisotopic (exact) mass is 701 g/mol. The van der Waals surface area contributed by atoms with Gasteiger partial charge < -0.3 is 41.1 Å². The van der Waals surface area contributed by atoms with Gasteiger partial charge in [-0.2, -0.15) is 0 Å². The van der Waals surface area contributed by atoms with Crippen LogP contribution in [0.25, 0.3) is 0 Å². The molecule has 1 saturated carbocycles. The van der Waals surface area contributed by atoms with Crippen molar-refractivity contribution >= 4 is 41.5 Å². The van der Waals surface area contributed by atoms with Gasteiger partial charge in [-0.1, -0.05) is 83.7 Å². The van der Waals surface area contributed by atoms with Crippen molar-refractivity contribution in [3.63, 3.8) is 0 Å². The molecule has 1 saturated heterocycles. The zero-order valence-corrected chi connectivity index (χ0v) is 29.2. The second-order valence-electron chi connectivity index (χ2n) is 14.2. The molecule has 3 rings (SSSR count). The number of aliphatic carboxylic acids is 1. The molecule has 0 radical (unpaired) electrons. The first-order valence-corrected chi connectivity index (χ1v) is 17.2. The lowest BCUT2D eigenvalue weighted by Crippen LogP contribution is -2.58. The molecule has 1 heterocycles. The average Bonchev–Trinajstić information content (AvgIpc) is 3.48. The van der Waals surface area contributed by atoms with Gasteiger partial charge in [-0.3, -0.25) is 24.0 Å². The Kier molecular flexibility index (Phi) is 14.7. The van der Waals surface area contributed by atoms with Crippen LogP contribution < -0.4 is 21.3 Å². The predicted molar refractivity (Wildman–Crippen MR) is 180 cm³/mol. The first kappa shape index (κ1) is 39.9. The van der Waals surface area contributed by atoms with E-state index in [4.69, 9.17) is 4.74 Å². The summed E-state index contributed by atoms with van der Waals surface area (Å²) in [6, 6.07) is 3.10. The van der Waals surface area contributed by atoms with E-state index in [1.165, 1.54) is 17.0 Å². The molecule has 0 bridgehead atoms. The topological polar surface area (TPSA) is 221 Å². The molecule has 5 atom stereocenters. The molecule has 2 fully saturated rings. The largest absolute Gasteiger partial charge is 0.479 e. The lowest BCUT2D eigenvalue weighted by atomic mass is 9.83. The van der Waals surface area contributed by atoms with Gasteiger partial charge in [-0.05, 0) is 36.2 Å². The number of carboxylic acid groups (broad SMARTS) is 1. The third kappa shape index (κ3) is 11.8. The molecule has 50 heavy (non-hydrogen) atoms. The highest BCUT2D eigenvalue weighted by Gasteiger charge is 2.44. The molecular formula is C35H51N5O10. The lowest BCUT2D eigenvalue weighted by Gasteiger charge is -2.34. The molecule has 1 aliphatic carbocycles. The predicted octanol–water partition coefficient (Wildman–Crippen LogP) is 1.58. The molecule has 1 aliphatic heterocycles. The van der Waals surface area contributed by atoms with Gasteiger partial charge >= 0.3 is 12.1 Å². The number of rotatable bonds is 15. The summed E-state index contributed by atoms with van der Waals surface area (Å²) in [5, 5.41) is 29.8. The van der Waals surface area contributed by atoms with E-state index in [-0.39, 0.29) is 37.3 Å². The van der Waals surface area contributed by atoms with Crippen molar-refractivity contribution in [2.45, 2.75) is 109 Å². The molecule has 6 N–H and O–H groups in total. The molecule has 276 valence electrons. The van der Waals surface area contributed by atoms with Crippen molar-refractivity contribution in [2.75, 3.05) is 19.7 Å². The fraction of sp³-hybridized carbons (Fsp3) is 0.629. The highest BCUT2D eigenvalue weighted by Crippen LogP contribution is 2.30. The number of amides is 5. The first-order valence-electron chi connectivity index (χ1n) is 17.2. The minimum Gasteiger partial charge on any atom is -0.479 e. The molecule has 15 heteroatoms. The van der Waals surface area contributed by atoms with Gasteiger partial charge in [0.05, 0.1) is 25.3 Å². The van der Waals surface area contributed by atoms with Gasteiger partial charge in [0, 0.05) is 13.0 Å². The smallest absolute Gasteiger partial charge is 0.407 e. The summed E-state index contributed by atoms with van der Waals surface area (Å²) in [5.41, 5.74) is 0.0123. The standard InChI is InChI=1S/C35H51N5O10/c1-5-12-24(29(43)31(45)36-18-26(42)38-28(33(47)48)22-15-10-7-11-16-22)37-30(44)25-17-23(41)19-40(25)32(46)27(21-13-8-6-9-14-21)39-34(49)50-20-35(2,3)4/h7,10-11,15-16,21,23-25,27-28,41H,5-6,8-9,12-14,17-20H2,1-4H3,(H,36,45)(H,37,44)(H,38,42)(H,39,49)(H,47,48). The van der Waals surface area contributed by atoms with Crippen molar-refractivity contribution in [3.8, 4) is 0 Å². The SMILES string of the molecule is CCCC(NC(=O)C1CC(O)CN1C(=O)C(NC(=O)OCC(C)(C)C)C1CCCCC1)C(=O)C(=O)NCC(=O)NC(C(=O)O)c1ccccc1. The van der Waals surface area contributed by atoms with Crippen molar-refractivity contribution in [3.05, 3.63) is 35.9 Å². The summed E-state index contributed by atoms with van der Waals surface area (Å²) in [7, 11) is 0. The minimum atomic E-state index is -1.38.